The number of anilines is 1. The first-order valence-corrected chi connectivity index (χ1v) is 10.6. The predicted molar refractivity (Wildman–Crippen MR) is 126 cm³/mol. The number of nitro groups is 1. The number of para-hydroxylation sites is 1. The summed E-state index contributed by atoms with van der Waals surface area (Å²) in [6, 6.07) is 21.9. The molecule has 0 unspecified atom stereocenters. The lowest BCUT2D eigenvalue weighted by Crippen LogP contribution is -2.10. The van der Waals surface area contributed by atoms with E-state index >= 15 is 0 Å². The average Bonchev–Trinajstić information content (AvgIpc) is 3.47. The maximum atomic E-state index is 12.7. The first kappa shape index (κ1) is 20.7. The molecule has 5 aromatic rings. The van der Waals surface area contributed by atoms with E-state index in [1.165, 1.54) is 18.2 Å². The number of amides is 1. The first-order chi connectivity index (χ1) is 16.0. The van der Waals surface area contributed by atoms with Crippen molar-refractivity contribution >= 4 is 44.3 Å². The molecule has 0 spiro atoms. The lowest BCUT2D eigenvalue weighted by atomic mass is 10.1. The Kier molecular flexibility index (Phi) is 5.23. The van der Waals surface area contributed by atoms with Gasteiger partial charge < -0.3 is 14.2 Å². The molecule has 2 heterocycles. The van der Waals surface area contributed by atoms with Gasteiger partial charge in [-0.2, -0.15) is 0 Å². The van der Waals surface area contributed by atoms with Gasteiger partial charge in [0.2, 0.25) is 5.89 Å². The van der Waals surface area contributed by atoms with E-state index in [1.807, 2.05) is 24.3 Å². The molecule has 5 rings (SSSR count). The molecule has 0 bridgehead atoms. The van der Waals surface area contributed by atoms with Crippen molar-refractivity contribution in [2.24, 2.45) is 0 Å². The highest BCUT2D eigenvalue weighted by molar-refractivity contribution is 9.10. The van der Waals surface area contributed by atoms with Crippen LogP contribution in [0.1, 0.15) is 10.6 Å². The highest BCUT2D eigenvalue weighted by atomic mass is 79.9. The number of halogens is 1. The third-order valence-corrected chi connectivity index (χ3v) is 5.46. The molecule has 3 aromatic carbocycles. The molecule has 0 saturated heterocycles. The van der Waals surface area contributed by atoms with Crippen molar-refractivity contribution < 1.29 is 18.6 Å². The van der Waals surface area contributed by atoms with Crippen molar-refractivity contribution in [3.63, 3.8) is 0 Å². The number of fused-ring (bicyclic) bond motifs is 1. The number of hydrogen-bond acceptors (Lipinski definition) is 6. The molecule has 9 heteroatoms. The Morgan fingerprint density at radius 3 is 2.55 bits per heavy atom. The summed E-state index contributed by atoms with van der Waals surface area (Å²) in [6.07, 6.45) is 0. The molecule has 1 N–H and O–H groups in total. The SMILES string of the molecule is O=C(Nc1ccc2oc(-c3ccc(Br)cc3)nc2c1)c1ccc(-c2ccccc2[N+](=O)[O-])o1. The number of carbonyl (C=O) groups is 1. The van der Waals surface area contributed by atoms with Crippen LogP contribution in [0.2, 0.25) is 0 Å². The van der Waals surface area contributed by atoms with E-state index in [9.17, 15) is 14.9 Å². The van der Waals surface area contributed by atoms with Crippen LogP contribution in [0.15, 0.2) is 92.2 Å². The zero-order valence-electron chi connectivity index (χ0n) is 16.8. The number of nitrogens with zero attached hydrogens (tertiary/aromatic N) is 2. The number of nitrogens with one attached hydrogen (secondary N) is 1. The summed E-state index contributed by atoms with van der Waals surface area (Å²) in [5, 5.41) is 14.0. The van der Waals surface area contributed by atoms with Crippen LogP contribution in [0.4, 0.5) is 11.4 Å². The van der Waals surface area contributed by atoms with E-state index in [4.69, 9.17) is 8.83 Å². The van der Waals surface area contributed by atoms with E-state index in [0.717, 1.165) is 10.0 Å². The summed E-state index contributed by atoms with van der Waals surface area (Å²) in [5.41, 5.74) is 2.71. The number of aromatic nitrogens is 1. The van der Waals surface area contributed by atoms with E-state index in [0.29, 0.717) is 28.2 Å². The number of oxazole rings is 1. The van der Waals surface area contributed by atoms with E-state index in [-0.39, 0.29) is 17.2 Å². The minimum atomic E-state index is -0.493. The summed E-state index contributed by atoms with van der Waals surface area (Å²) in [5.74, 6) is 0.245. The minimum absolute atomic E-state index is 0.0268. The Hall–Kier alpha value is -4.24. The number of carbonyl (C=O) groups excluding carboxylic acids is 1. The van der Waals surface area contributed by atoms with E-state index in [1.54, 1.807) is 36.4 Å². The van der Waals surface area contributed by atoms with Gasteiger partial charge in [-0.3, -0.25) is 14.9 Å². The van der Waals surface area contributed by atoms with Crippen LogP contribution in [0.25, 0.3) is 33.9 Å². The van der Waals surface area contributed by atoms with Crippen molar-refractivity contribution in [2.45, 2.75) is 0 Å². The summed E-state index contributed by atoms with van der Waals surface area (Å²) < 4.78 is 12.4. The van der Waals surface area contributed by atoms with Crippen LogP contribution >= 0.6 is 15.9 Å². The first-order valence-electron chi connectivity index (χ1n) is 9.79. The molecule has 0 atom stereocenters. The summed E-state index contributed by atoms with van der Waals surface area (Å²) in [4.78, 5) is 28.0. The summed E-state index contributed by atoms with van der Waals surface area (Å²) in [7, 11) is 0. The fraction of sp³-hybridized carbons (Fsp3) is 0. The van der Waals surface area contributed by atoms with Crippen LogP contribution in [0.5, 0.6) is 0 Å². The number of hydrogen-bond donors (Lipinski definition) is 1. The molecule has 0 aliphatic heterocycles. The van der Waals surface area contributed by atoms with Crippen LogP contribution < -0.4 is 5.32 Å². The zero-order valence-corrected chi connectivity index (χ0v) is 18.4. The van der Waals surface area contributed by atoms with Gasteiger partial charge in [0.15, 0.2) is 11.3 Å². The number of nitro benzene ring substituents is 1. The largest absolute Gasteiger partial charge is 0.451 e. The van der Waals surface area contributed by atoms with Crippen LogP contribution in [-0.4, -0.2) is 15.8 Å². The molecular weight excluding hydrogens is 490 g/mol. The van der Waals surface area contributed by atoms with Crippen molar-refractivity contribution in [1.29, 1.82) is 0 Å². The van der Waals surface area contributed by atoms with Crippen molar-refractivity contribution in [3.05, 3.63) is 99.2 Å². The standard InChI is InChI=1S/C24H14BrN3O5/c25-15-7-5-14(6-8-15)24-27-18-13-16(9-10-21(18)33-24)26-23(29)22-12-11-20(32-22)17-3-1-2-4-19(17)28(30)31/h1-13H,(H,26,29). The van der Waals surface area contributed by atoms with Gasteiger partial charge in [0, 0.05) is 21.8 Å². The summed E-state index contributed by atoms with van der Waals surface area (Å²) >= 11 is 3.40. The topological polar surface area (TPSA) is 111 Å². The molecule has 8 nitrogen and oxygen atoms in total. The number of rotatable bonds is 5. The second kappa shape index (κ2) is 8.36. The number of benzene rings is 3. The fourth-order valence-electron chi connectivity index (χ4n) is 3.36. The van der Waals surface area contributed by atoms with Crippen LogP contribution in [-0.2, 0) is 0 Å². The number of furan rings is 1. The molecule has 0 saturated carbocycles. The van der Waals surface area contributed by atoms with Crippen molar-refractivity contribution in [3.8, 4) is 22.8 Å². The zero-order chi connectivity index (χ0) is 22.9. The second-order valence-corrected chi connectivity index (χ2v) is 8.02. The van der Waals surface area contributed by atoms with Gasteiger partial charge in [0.1, 0.15) is 11.3 Å². The van der Waals surface area contributed by atoms with Crippen molar-refractivity contribution in [1.82, 2.24) is 4.98 Å². The molecule has 33 heavy (non-hydrogen) atoms. The van der Waals surface area contributed by atoms with Gasteiger partial charge >= 0.3 is 0 Å². The molecule has 2 aromatic heterocycles. The van der Waals surface area contributed by atoms with Gasteiger partial charge in [-0.1, -0.05) is 28.1 Å². The normalized spacial score (nSPS) is 10.9. The Bertz CT molecular complexity index is 1500. The summed E-state index contributed by atoms with van der Waals surface area (Å²) in [6.45, 7) is 0. The smallest absolute Gasteiger partial charge is 0.291 e. The maximum Gasteiger partial charge on any atom is 0.291 e. The molecule has 0 fully saturated rings. The Labute approximate surface area is 195 Å². The van der Waals surface area contributed by atoms with E-state index < -0.39 is 10.8 Å². The Balaban J connectivity index is 1.37. The average molecular weight is 504 g/mol. The van der Waals surface area contributed by atoms with Gasteiger partial charge in [-0.15, -0.1) is 0 Å². The molecule has 1 amide bonds. The Morgan fingerprint density at radius 1 is 0.970 bits per heavy atom. The lowest BCUT2D eigenvalue weighted by molar-refractivity contribution is -0.384. The van der Waals surface area contributed by atoms with Crippen molar-refractivity contribution in [2.75, 3.05) is 5.32 Å². The van der Waals surface area contributed by atoms with Crippen LogP contribution in [0.3, 0.4) is 0 Å². The van der Waals surface area contributed by atoms with E-state index in [2.05, 4.69) is 26.2 Å². The minimum Gasteiger partial charge on any atom is -0.451 e. The third-order valence-electron chi connectivity index (χ3n) is 4.93. The molecule has 0 aliphatic carbocycles. The molecule has 162 valence electrons. The van der Waals surface area contributed by atoms with Gasteiger partial charge in [0.05, 0.1) is 10.5 Å². The monoisotopic (exact) mass is 503 g/mol. The highest BCUT2D eigenvalue weighted by Crippen LogP contribution is 2.31. The van der Waals surface area contributed by atoms with Crippen LogP contribution in [0, 0.1) is 10.1 Å². The van der Waals surface area contributed by atoms with Gasteiger partial charge in [0.25, 0.3) is 11.6 Å². The fourth-order valence-corrected chi connectivity index (χ4v) is 3.62. The highest BCUT2D eigenvalue weighted by Gasteiger charge is 2.19. The third kappa shape index (κ3) is 4.13. The Morgan fingerprint density at radius 2 is 1.76 bits per heavy atom. The molecule has 0 radical (unpaired) electrons. The van der Waals surface area contributed by atoms with Gasteiger partial charge in [-0.25, -0.2) is 4.98 Å². The quantitative estimate of drug-likeness (QED) is 0.211. The predicted octanol–water partition coefficient (Wildman–Crippen LogP) is 6.68. The second-order valence-electron chi connectivity index (χ2n) is 7.10. The van der Waals surface area contributed by atoms with Gasteiger partial charge in [-0.05, 0) is 60.7 Å². The molecule has 0 aliphatic rings. The maximum absolute atomic E-state index is 12.7. The molecular formula is C24H14BrN3O5. The lowest BCUT2D eigenvalue weighted by Gasteiger charge is -2.03.